The smallest absolute Gasteiger partial charge is 0.0540 e. The summed E-state index contributed by atoms with van der Waals surface area (Å²) in [6.07, 6.45) is 0. The van der Waals surface area contributed by atoms with E-state index in [4.69, 9.17) is 0 Å². The molecule has 0 saturated carbocycles. The van der Waals surface area contributed by atoms with E-state index in [-0.39, 0.29) is 10.8 Å². The van der Waals surface area contributed by atoms with Crippen LogP contribution < -0.4 is 9.80 Å². The molecule has 0 bridgehead atoms. The number of hydrogen-bond acceptors (Lipinski definition) is 2. The molecule has 0 heterocycles. The molecule has 0 fully saturated rings. The second-order valence-corrected chi connectivity index (χ2v) is 35.3. The average molecular weight is 1560 g/mol. The molecule has 2 atom stereocenters. The lowest BCUT2D eigenvalue weighted by molar-refractivity contribution is 0.660. The van der Waals surface area contributed by atoms with Crippen molar-refractivity contribution in [2.24, 2.45) is 0 Å². The van der Waals surface area contributed by atoms with Crippen molar-refractivity contribution in [2.75, 3.05) is 9.80 Å². The van der Waals surface area contributed by atoms with E-state index in [1.54, 1.807) is 0 Å². The number of benzene rings is 19. The summed E-state index contributed by atoms with van der Waals surface area (Å²) in [5.74, 6) is 0. The molecule has 19 aromatic rings. The summed E-state index contributed by atoms with van der Waals surface area (Å²) in [6.45, 7) is 14.5. The monoisotopic (exact) mass is 1560 g/mol. The van der Waals surface area contributed by atoms with E-state index < -0.39 is 10.8 Å². The van der Waals surface area contributed by atoms with Crippen molar-refractivity contribution < 1.29 is 0 Å². The highest BCUT2D eigenvalue weighted by molar-refractivity contribution is 6.09. The highest BCUT2D eigenvalue weighted by atomic mass is 15.2. The van der Waals surface area contributed by atoms with Gasteiger partial charge in [-0.1, -0.05) is 373 Å². The molecule has 122 heavy (non-hydrogen) atoms. The van der Waals surface area contributed by atoms with Crippen molar-refractivity contribution in [1.29, 1.82) is 0 Å². The Hall–Kier alpha value is -14.7. The Bertz CT molecular complexity index is 7440. The Labute approximate surface area is 715 Å². The van der Waals surface area contributed by atoms with Crippen LogP contribution in [0.15, 0.2) is 425 Å². The number of fused-ring (bicyclic) bond motifs is 15. The molecule has 0 saturated heterocycles. The van der Waals surface area contributed by atoms with Crippen LogP contribution in [-0.2, 0) is 21.7 Å². The van der Waals surface area contributed by atoms with E-state index in [1.165, 1.54) is 166 Å². The summed E-state index contributed by atoms with van der Waals surface area (Å²) < 4.78 is 0. The number of nitrogens with zero attached hydrogens (tertiary/aromatic N) is 2. The van der Waals surface area contributed by atoms with E-state index in [1.807, 2.05) is 0 Å². The van der Waals surface area contributed by atoms with Crippen LogP contribution in [0.4, 0.5) is 34.1 Å². The topological polar surface area (TPSA) is 6.48 Å². The Kier molecular flexibility index (Phi) is 16.6. The van der Waals surface area contributed by atoms with Gasteiger partial charge in [-0.3, -0.25) is 0 Å². The fourth-order valence-corrected chi connectivity index (χ4v) is 21.7. The zero-order valence-corrected chi connectivity index (χ0v) is 69.3. The standard InChI is InChI=1S/C120H88N2/c1-117(2)106-42-21-18-38-100(106)102-67-62-91(73-110(102)117)121(90-60-55-79(56-61-90)86-57-66-96-87(72-86)52-51-82-31-16-17-36-95(82)96)92-64-69-104-112(75-92)120(6,109-45-26-41-99(116(104)109)81-29-12-8-13-30-81)89-58-53-78(54-59-89)85-33-24-32-84(71-85)77-47-49-83(50-48-77)97-37-20-23-46-114(97)122(93-63-68-103-101-39-19-22-43-107(101)118(3,4)111(103)74-93)94-65-70-105-113(76-94)119(5,88-34-14-9-15-35-88)108-44-25-40-98(115(105)108)80-27-10-7-11-28-80/h7-76H,1-6H3. The zero-order chi connectivity index (χ0) is 81.7. The zero-order valence-electron chi connectivity index (χ0n) is 69.3. The molecule has 2 heteroatoms. The summed E-state index contributed by atoms with van der Waals surface area (Å²) in [6, 6.07) is 160. The minimum atomic E-state index is -0.545. The van der Waals surface area contributed by atoms with Gasteiger partial charge in [-0.05, 0) is 276 Å². The van der Waals surface area contributed by atoms with Crippen LogP contribution in [0.1, 0.15) is 97.2 Å². The Morgan fingerprint density at radius 3 is 1.07 bits per heavy atom. The average Bonchev–Trinajstić information content (AvgIpc) is 1.55. The van der Waals surface area contributed by atoms with Gasteiger partial charge in [-0.25, -0.2) is 0 Å². The van der Waals surface area contributed by atoms with Crippen LogP contribution in [0.25, 0.3) is 133 Å². The Balaban J connectivity index is 0.603. The Morgan fingerprint density at radius 1 is 0.172 bits per heavy atom. The summed E-state index contributed by atoms with van der Waals surface area (Å²) in [7, 11) is 0. The lowest BCUT2D eigenvalue weighted by Gasteiger charge is -2.32. The number of anilines is 6. The number of para-hydroxylation sites is 1. The third kappa shape index (κ3) is 11.2. The first-order chi connectivity index (χ1) is 59.7. The van der Waals surface area contributed by atoms with E-state index in [0.29, 0.717) is 0 Å². The fourth-order valence-electron chi connectivity index (χ4n) is 21.7. The van der Waals surface area contributed by atoms with Gasteiger partial charge in [0.25, 0.3) is 0 Å². The van der Waals surface area contributed by atoms with Crippen molar-refractivity contribution in [3.05, 3.63) is 480 Å². The first-order valence-corrected chi connectivity index (χ1v) is 43.0. The fraction of sp³-hybridized carbons (Fsp3) is 0.0833. The molecule has 23 rings (SSSR count). The molecule has 2 unspecified atom stereocenters. The van der Waals surface area contributed by atoms with Gasteiger partial charge in [0, 0.05) is 55.7 Å². The predicted octanol–water partition coefficient (Wildman–Crippen LogP) is 32.2. The second-order valence-electron chi connectivity index (χ2n) is 35.3. The summed E-state index contributed by atoms with van der Waals surface area (Å²) >= 11 is 0. The van der Waals surface area contributed by atoms with E-state index in [2.05, 4.69) is 476 Å². The maximum Gasteiger partial charge on any atom is 0.0540 e. The second kappa shape index (κ2) is 28.0. The molecule has 0 aromatic heterocycles. The van der Waals surface area contributed by atoms with Crippen LogP contribution in [-0.4, -0.2) is 0 Å². The van der Waals surface area contributed by atoms with Gasteiger partial charge >= 0.3 is 0 Å². The summed E-state index contributed by atoms with van der Waals surface area (Å²) in [5.41, 5.74) is 42.9. The van der Waals surface area contributed by atoms with Gasteiger partial charge in [0.2, 0.25) is 0 Å². The Morgan fingerprint density at radius 2 is 0.516 bits per heavy atom. The maximum atomic E-state index is 2.53. The molecule has 578 valence electrons. The SMILES string of the molecule is CC1(C)c2ccccc2-c2ccc(N(c3ccc(-c4ccc5c(ccc6ccccc65)c4)cc3)c3ccc4c(c3)C(C)(c3ccc(-c5cccc(-c6ccc(-c7ccccc7N(c7ccc8c(c7)C(C)(C)c7ccccc7-8)c7ccc8c(c7)C(C)(c7ccccc7)c7cccc(-c9ccccc9)c7-8)cc6)c5)cc3)c3cccc(-c5ccccc5)c3-4)cc21. The highest BCUT2D eigenvalue weighted by Crippen LogP contribution is 2.61. The van der Waals surface area contributed by atoms with Gasteiger partial charge in [-0.15, -0.1) is 0 Å². The van der Waals surface area contributed by atoms with Gasteiger partial charge in [0.15, 0.2) is 0 Å². The lowest BCUT2D eigenvalue weighted by Crippen LogP contribution is -2.23. The number of hydrogen-bond donors (Lipinski definition) is 0. The van der Waals surface area contributed by atoms with E-state index in [9.17, 15) is 0 Å². The lowest BCUT2D eigenvalue weighted by atomic mass is 9.73. The van der Waals surface area contributed by atoms with Gasteiger partial charge in [-0.2, -0.15) is 0 Å². The molecule has 4 aliphatic rings. The molecule has 4 aliphatic carbocycles. The third-order valence-corrected chi connectivity index (χ3v) is 28.1. The predicted molar refractivity (Wildman–Crippen MR) is 513 cm³/mol. The first kappa shape index (κ1) is 72.5. The molecule has 0 N–H and O–H groups in total. The molecular weight excluding hydrogens is 1470 g/mol. The molecule has 19 aromatic carbocycles. The summed E-state index contributed by atoms with van der Waals surface area (Å²) in [4.78, 5) is 5.04. The molecular formula is C120H88N2. The van der Waals surface area contributed by atoms with Crippen LogP contribution in [0.3, 0.4) is 0 Å². The van der Waals surface area contributed by atoms with Gasteiger partial charge < -0.3 is 9.80 Å². The van der Waals surface area contributed by atoms with E-state index >= 15 is 0 Å². The van der Waals surface area contributed by atoms with Crippen LogP contribution in [0.5, 0.6) is 0 Å². The van der Waals surface area contributed by atoms with Gasteiger partial charge in [0.05, 0.1) is 5.69 Å². The normalized spacial score (nSPS) is 15.7. The first-order valence-electron chi connectivity index (χ1n) is 43.0. The third-order valence-electron chi connectivity index (χ3n) is 28.1. The quantitative estimate of drug-likeness (QED) is 0.100. The molecule has 2 nitrogen and oxygen atoms in total. The minimum absolute atomic E-state index is 0.192. The van der Waals surface area contributed by atoms with Crippen molar-refractivity contribution in [1.82, 2.24) is 0 Å². The van der Waals surface area contributed by atoms with Crippen LogP contribution in [0.2, 0.25) is 0 Å². The van der Waals surface area contributed by atoms with Crippen molar-refractivity contribution in [3.8, 4) is 111 Å². The van der Waals surface area contributed by atoms with Crippen molar-refractivity contribution in [3.63, 3.8) is 0 Å². The van der Waals surface area contributed by atoms with Crippen molar-refractivity contribution in [2.45, 2.75) is 63.2 Å². The van der Waals surface area contributed by atoms with Crippen molar-refractivity contribution >= 4 is 55.7 Å². The highest BCUT2D eigenvalue weighted by Gasteiger charge is 2.46. The molecule has 0 radical (unpaired) electrons. The van der Waals surface area contributed by atoms with E-state index in [0.717, 1.165) is 56.4 Å². The maximum absolute atomic E-state index is 2.53. The van der Waals surface area contributed by atoms with Gasteiger partial charge in [0.1, 0.15) is 0 Å². The molecule has 0 amide bonds. The molecule has 0 aliphatic heterocycles. The van der Waals surface area contributed by atoms with Crippen LogP contribution >= 0.6 is 0 Å². The minimum Gasteiger partial charge on any atom is -0.310 e. The largest absolute Gasteiger partial charge is 0.310 e. The number of rotatable bonds is 14. The van der Waals surface area contributed by atoms with Crippen LogP contribution in [0, 0.1) is 0 Å². The summed E-state index contributed by atoms with van der Waals surface area (Å²) in [5, 5.41) is 5.05. The molecule has 0 spiro atoms.